The Morgan fingerprint density at radius 3 is 2.88 bits per heavy atom. The lowest BCUT2D eigenvalue weighted by atomic mass is 10.2. The minimum absolute atomic E-state index is 0.103. The van der Waals surface area contributed by atoms with E-state index in [1.54, 1.807) is 18.3 Å². The van der Waals surface area contributed by atoms with Gasteiger partial charge >= 0.3 is 0 Å². The lowest BCUT2D eigenvalue weighted by Gasteiger charge is -2.16. The third-order valence-corrected chi connectivity index (χ3v) is 2.44. The van der Waals surface area contributed by atoms with Gasteiger partial charge in [0.2, 0.25) is 0 Å². The van der Waals surface area contributed by atoms with E-state index in [1.165, 1.54) is 0 Å². The number of carbonyl (C=O) groups is 1. The first-order chi connectivity index (χ1) is 8.00. The van der Waals surface area contributed by atoms with Crippen LogP contribution < -0.4 is 11.1 Å². The number of anilines is 1. The van der Waals surface area contributed by atoms with Gasteiger partial charge in [-0.1, -0.05) is 0 Å². The van der Waals surface area contributed by atoms with Crippen molar-refractivity contribution in [3.8, 4) is 0 Å². The SMILES string of the molecule is CC(CCN(C)C)NC(=O)c1ncccc1N. The quantitative estimate of drug-likeness (QED) is 0.790. The number of nitrogens with one attached hydrogen (secondary N) is 1. The highest BCUT2D eigenvalue weighted by Crippen LogP contribution is 2.07. The van der Waals surface area contributed by atoms with Gasteiger partial charge in [-0.2, -0.15) is 0 Å². The van der Waals surface area contributed by atoms with Crippen LogP contribution in [0.1, 0.15) is 23.8 Å². The number of rotatable bonds is 5. The van der Waals surface area contributed by atoms with E-state index in [0.717, 1.165) is 13.0 Å². The summed E-state index contributed by atoms with van der Waals surface area (Å²) in [6.45, 7) is 2.90. The number of nitrogens with two attached hydrogens (primary N) is 1. The van der Waals surface area contributed by atoms with Crippen LogP contribution in [0.2, 0.25) is 0 Å². The van der Waals surface area contributed by atoms with Crippen molar-refractivity contribution in [2.45, 2.75) is 19.4 Å². The van der Waals surface area contributed by atoms with Crippen LogP contribution in [0.15, 0.2) is 18.3 Å². The van der Waals surface area contributed by atoms with E-state index in [9.17, 15) is 4.79 Å². The summed E-state index contributed by atoms with van der Waals surface area (Å²) < 4.78 is 0. The summed E-state index contributed by atoms with van der Waals surface area (Å²) in [6.07, 6.45) is 2.46. The van der Waals surface area contributed by atoms with Gasteiger partial charge in [-0.15, -0.1) is 0 Å². The van der Waals surface area contributed by atoms with Gasteiger partial charge in [0.1, 0.15) is 0 Å². The zero-order chi connectivity index (χ0) is 12.8. The minimum Gasteiger partial charge on any atom is -0.397 e. The zero-order valence-electron chi connectivity index (χ0n) is 10.6. The van der Waals surface area contributed by atoms with Gasteiger partial charge in [0.25, 0.3) is 5.91 Å². The second-order valence-electron chi connectivity index (χ2n) is 4.41. The normalized spacial score (nSPS) is 12.5. The first-order valence-corrected chi connectivity index (χ1v) is 5.66. The third kappa shape index (κ3) is 4.40. The smallest absolute Gasteiger partial charge is 0.272 e. The summed E-state index contributed by atoms with van der Waals surface area (Å²) in [7, 11) is 4.01. The lowest BCUT2D eigenvalue weighted by molar-refractivity contribution is 0.0932. The lowest BCUT2D eigenvalue weighted by Crippen LogP contribution is -2.35. The summed E-state index contributed by atoms with van der Waals surface area (Å²) >= 11 is 0. The Morgan fingerprint density at radius 1 is 1.59 bits per heavy atom. The van der Waals surface area contributed by atoms with Crippen LogP contribution in [0, 0.1) is 0 Å². The fraction of sp³-hybridized carbons (Fsp3) is 0.500. The average molecular weight is 236 g/mol. The Hall–Kier alpha value is -1.62. The maximum absolute atomic E-state index is 11.9. The van der Waals surface area contributed by atoms with Crippen molar-refractivity contribution in [3.63, 3.8) is 0 Å². The van der Waals surface area contributed by atoms with Crippen molar-refractivity contribution < 1.29 is 4.79 Å². The monoisotopic (exact) mass is 236 g/mol. The largest absolute Gasteiger partial charge is 0.397 e. The molecule has 1 atom stereocenters. The van der Waals surface area contributed by atoms with E-state index in [0.29, 0.717) is 11.4 Å². The molecule has 0 aliphatic rings. The number of amides is 1. The van der Waals surface area contributed by atoms with Crippen molar-refractivity contribution in [3.05, 3.63) is 24.0 Å². The molecule has 1 unspecified atom stereocenters. The van der Waals surface area contributed by atoms with Crippen molar-refractivity contribution in [1.29, 1.82) is 0 Å². The van der Waals surface area contributed by atoms with Crippen molar-refractivity contribution in [2.24, 2.45) is 0 Å². The van der Waals surface area contributed by atoms with E-state index < -0.39 is 0 Å². The number of aromatic nitrogens is 1. The second-order valence-corrected chi connectivity index (χ2v) is 4.41. The molecule has 0 spiro atoms. The molecule has 1 rings (SSSR count). The topological polar surface area (TPSA) is 71.2 Å². The molecule has 3 N–H and O–H groups in total. The summed E-state index contributed by atoms with van der Waals surface area (Å²) in [5.74, 6) is -0.214. The third-order valence-electron chi connectivity index (χ3n) is 2.44. The number of hydrogen-bond donors (Lipinski definition) is 2. The van der Waals surface area contributed by atoms with Crippen LogP contribution in [0.3, 0.4) is 0 Å². The van der Waals surface area contributed by atoms with Crippen LogP contribution in [-0.4, -0.2) is 42.5 Å². The Bertz CT molecular complexity index is 379. The molecule has 0 fully saturated rings. The van der Waals surface area contributed by atoms with E-state index in [1.807, 2.05) is 21.0 Å². The molecule has 94 valence electrons. The van der Waals surface area contributed by atoms with Gasteiger partial charge in [0.15, 0.2) is 5.69 Å². The molecule has 1 amide bonds. The van der Waals surface area contributed by atoms with Crippen molar-refractivity contribution in [1.82, 2.24) is 15.2 Å². The predicted octanol–water partition coefficient (Wildman–Crippen LogP) is 0.734. The zero-order valence-corrected chi connectivity index (χ0v) is 10.6. The summed E-state index contributed by atoms with van der Waals surface area (Å²) in [5.41, 5.74) is 6.39. The fourth-order valence-electron chi connectivity index (χ4n) is 1.42. The van der Waals surface area contributed by atoms with Crippen molar-refractivity contribution in [2.75, 3.05) is 26.4 Å². The Balaban J connectivity index is 2.52. The molecule has 0 aromatic carbocycles. The van der Waals surface area contributed by atoms with E-state index >= 15 is 0 Å². The van der Waals surface area contributed by atoms with Crippen LogP contribution in [-0.2, 0) is 0 Å². The van der Waals surface area contributed by atoms with Crippen LogP contribution in [0.25, 0.3) is 0 Å². The fourth-order valence-corrected chi connectivity index (χ4v) is 1.42. The molecule has 0 aliphatic heterocycles. The Morgan fingerprint density at radius 2 is 2.29 bits per heavy atom. The van der Waals surface area contributed by atoms with E-state index in [4.69, 9.17) is 5.73 Å². The molecule has 1 aromatic heterocycles. The number of carbonyl (C=O) groups excluding carboxylic acids is 1. The summed E-state index contributed by atoms with van der Waals surface area (Å²) in [4.78, 5) is 17.9. The van der Waals surface area contributed by atoms with Gasteiger partial charge in [-0.3, -0.25) is 4.79 Å². The predicted molar refractivity (Wildman–Crippen MR) is 68.7 cm³/mol. The molecule has 5 heteroatoms. The molecule has 1 aromatic rings. The minimum atomic E-state index is -0.214. The number of nitrogen functional groups attached to an aromatic ring is 1. The first kappa shape index (κ1) is 13.4. The second kappa shape index (κ2) is 6.20. The summed E-state index contributed by atoms with van der Waals surface area (Å²) in [5, 5.41) is 2.88. The molecule has 5 nitrogen and oxygen atoms in total. The number of pyridine rings is 1. The van der Waals surface area contributed by atoms with Crippen molar-refractivity contribution >= 4 is 11.6 Å². The highest BCUT2D eigenvalue weighted by molar-refractivity contribution is 5.97. The summed E-state index contributed by atoms with van der Waals surface area (Å²) in [6, 6.07) is 3.49. The average Bonchev–Trinajstić information content (AvgIpc) is 2.26. The molecule has 1 heterocycles. The van der Waals surface area contributed by atoms with Gasteiger partial charge < -0.3 is 16.0 Å². The van der Waals surface area contributed by atoms with Gasteiger partial charge in [-0.05, 0) is 46.1 Å². The first-order valence-electron chi connectivity index (χ1n) is 5.66. The van der Waals surface area contributed by atoms with E-state index in [2.05, 4.69) is 15.2 Å². The molecule has 0 saturated carbocycles. The van der Waals surface area contributed by atoms with Gasteiger partial charge in [-0.25, -0.2) is 4.98 Å². The van der Waals surface area contributed by atoms with Crippen LogP contribution >= 0.6 is 0 Å². The Kier molecular flexibility index (Phi) is 4.90. The molecule has 0 bridgehead atoms. The van der Waals surface area contributed by atoms with E-state index in [-0.39, 0.29) is 11.9 Å². The molecule has 0 radical (unpaired) electrons. The molecule has 0 saturated heterocycles. The molecule has 0 aliphatic carbocycles. The van der Waals surface area contributed by atoms with Crippen LogP contribution in [0.5, 0.6) is 0 Å². The van der Waals surface area contributed by atoms with Gasteiger partial charge in [0.05, 0.1) is 5.69 Å². The Labute approximate surface area is 102 Å². The van der Waals surface area contributed by atoms with Crippen LogP contribution in [0.4, 0.5) is 5.69 Å². The highest BCUT2D eigenvalue weighted by atomic mass is 16.1. The maximum atomic E-state index is 11.9. The number of hydrogen-bond acceptors (Lipinski definition) is 4. The number of nitrogens with zero attached hydrogens (tertiary/aromatic N) is 2. The van der Waals surface area contributed by atoms with Gasteiger partial charge in [0, 0.05) is 12.2 Å². The molecular weight excluding hydrogens is 216 g/mol. The highest BCUT2D eigenvalue weighted by Gasteiger charge is 2.13. The standard InChI is InChI=1S/C12H20N4O/c1-9(6-8-16(2)3)15-12(17)11-10(13)5-4-7-14-11/h4-5,7,9H,6,8,13H2,1-3H3,(H,15,17). The molecular formula is C12H20N4O. The maximum Gasteiger partial charge on any atom is 0.272 e. The molecule has 17 heavy (non-hydrogen) atoms.